The van der Waals surface area contributed by atoms with E-state index in [1.165, 1.54) is 20.5 Å². The average Bonchev–Trinajstić information content (AvgIpc) is 2.45. The van der Waals surface area contributed by atoms with Crippen LogP contribution in [0, 0.1) is 6.92 Å². The van der Waals surface area contributed by atoms with Crippen molar-refractivity contribution in [3.8, 4) is 0 Å². The lowest BCUT2D eigenvalue weighted by atomic mass is 10.1. The standard InChI is InChI=1S/C17H20BrNS/c1-13-6-5-7-14(10-13)11-15(19-2)12-20-17-9-4-3-8-16(17)18/h3-10,15,19H,11-12H2,1-2H3. The minimum atomic E-state index is 0.480. The van der Waals surface area contributed by atoms with Gasteiger partial charge in [0.1, 0.15) is 0 Å². The molecular formula is C17H20BrNS. The van der Waals surface area contributed by atoms with Crippen molar-refractivity contribution in [1.82, 2.24) is 5.32 Å². The highest BCUT2D eigenvalue weighted by atomic mass is 79.9. The van der Waals surface area contributed by atoms with Gasteiger partial charge in [0.25, 0.3) is 0 Å². The summed E-state index contributed by atoms with van der Waals surface area (Å²) in [6.07, 6.45) is 1.07. The fourth-order valence-corrected chi connectivity index (χ4v) is 3.79. The molecule has 2 rings (SSSR count). The highest BCUT2D eigenvalue weighted by Gasteiger charge is 2.09. The molecular weight excluding hydrogens is 330 g/mol. The number of benzene rings is 2. The maximum Gasteiger partial charge on any atom is 0.0311 e. The van der Waals surface area contributed by atoms with Crippen LogP contribution in [0.15, 0.2) is 57.9 Å². The second kappa shape index (κ2) is 7.87. The van der Waals surface area contributed by atoms with Crippen molar-refractivity contribution in [2.24, 2.45) is 0 Å². The third-order valence-electron chi connectivity index (χ3n) is 3.25. The first-order valence-corrected chi connectivity index (χ1v) is 8.57. The molecule has 2 aromatic carbocycles. The first kappa shape index (κ1) is 15.6. The van der Waals surface area contributed by atoms with Crippen LogP contribution in [0.2, 0.25) is 0 Å². The normalized spacial score (nSPS) is 12.3. The second-order valence-electron chi connectivity index (χ2n) is 4.92. The zero-order valence-corrected chi connectivity index (χ0v) is 14.3. The molecule has 1 N–H and O–H groups in total. The molecule has 1 atom stereocenters. The molecule has 0 heterocycles. The molecule has 0 aliphatic rings. The molecule has 0 aromatic heterocycles. The SMILES string of the molecule is CNC(CSc1ccccc1Br)Cc1cccc(C)c1. The van der Waals surface area contributed by atoms with E-state index in [2.05, 4.69) is 76.7 Å². The van der Waals surface area contributed by atoms with Crippen LogP contribution in [0.1, 0.15) is 11.1 Å². The predicted octanol–water partition coefficient (Wildman–Crippen LogP) is 4.68. The summed E-state index contributed by atoms with van der Waals surface area (Å²) >= 11 is 5.50. The van der Waals surface area contributed by atoms with Crippen LogP contribution in [-0.4, -0.2) is 18.8 Å². The Morgan fingerprint density at radius 3 is 2.65 bits per heavy atom. The molecule has 20 heavy (non-hydrogen) atoms. The van der Waals surface area contributed by atoms with E-state index < -0.39 is 0 Å². The van der Waals surface area contributed by atoms with Crippen molar-refractivity contribution in [2.75, 3.05) is 12.8 Å². The number of hydrogen-bond acceptors (Lipinski definition) is 2. The molecule has 0 spiro atoms. The van der Waals surface area contributed by atoms with Gasteiger partial charge in [-0.2, -0.15) is 0 Å². The zero-order chi connectivity index (χ0) is 14.4. The van der Waals surface area contributed by atoms with Gasteiger partial charge in [-0.05, 0) is 54.0 Å². The van der Waals surface area contributed by atoms with Gasteiger partial charge < -0.3 is 5.32 Å². The predicted molar refractivity (Wildman–Crippen MR) is 92.6 cm³/mol. The number of halogens is 1. The largest absolute Gasteiger partial charge is 0.316 e. The maximum atomic E-state index is 3.60. The summed E-state index contributed by atoms with van der Waals surface area (Å²) in [5.74, 6) is 1.06. The summed E-state index contributed by atoms with van der Waals surface area (Å²) in [6, 6.07) is 17.6. The van der Waals surface area contributed by atoms with E-state index in [0.29, 0.717) is 6.04 Å². The molecule has 0 saturated heterocycles. The van der Waals surface area contributed by atoms with E-state index in [1.54, 1.807) is 0 Å². The van der Waals surface area contributed by atoms with Crippen molar-refractivity contribution in [3.05, 3.63) is 64.1 Å². The third kappa shape index (κ3) is 4.65. The molecule has 0 aliphatic carbocycles. The van der Waals surface area contributed by atoms with E-state index in [1.807, 2.05) is 18.8 Å². The van der Waals surface area contributed by atoms with Crippen LogP contribution in [-0.2, 0) is 6.42 Å². The number of rotatable bonds is 6. The Morgan fingerprint density at radius 1 is 1.15 bits per heavy atom. The smallest absolute Gasteiger partial charge is 0.0311 e. The number of hydrogen-bond donors (Lipinski definition) is 1. The van der Waals surface area contributed by atoms with E-state index in [9.17, 15) is 0 Å². The van der Waals surface area contributed by atoms with Crippen LogP contribution in [0.25, 0.3) is 0 Å². The highest BCUT2D eigenvalue weighted by Crippen LogP contribution is 2.27. The molecule has 2 aromatic rings. The van der Waals surface area contributed by atoms with Gasteiger partial charge >= 0.3 is 0 Å². The molecule has 0 aliphatic heterocycles. The Labute approximate surface area is 134 Å². The fourth-order valence-electron chi connectivity index (χ4n) is 2.12. The van der Waals surface area contributed by atoms with Gasteiger partial charge in [-0.15, -0.1) is 11.8 Å². The average molecular weight is 350 g/mol. The summed E-state index contributed by atoms with van der Waals surface area (Å²) < 4.78 is 1.18. The van der Waals surface area contributed by atoms with Crippen LogP contribution in [0.4, 0.5) is 0 Å². The number of likely N-dealkylation sites (N-methyl/N-ethyl adjacent to an activating group) is 1. The summed E-state index contributed by atoms with van der Waals surface area (Å²) in [5.41, 5.74) is 2.73. The number of aryl methyl sites for hydroxylation is 1. The van der Waals surface area contributed by atoms with Crippen molar-refractivity contribution < 1.29 is 0 Å². The lowest BCUT2D eigenvalue weighted by Gasteiger charge is -2.16. The van der Waals surface area contributed by atoms with Crippen LogP contribution in [0.5, 0.6) is 0 Å². The zero-order valence-electron chi connectivity index (χ0n) is 11.9. The molecule has 106 valence electrons. The van der Waals surface area contributed by atoms with E-state index in [-0.39, 0.29) is 0 Å². The molecule has 0 fully saturated rings. The second-order valence-corrected chi connectivity index (χ2v) is 6.84. The Morgan fingerprint density at radius 2 is 1.95 bits per heavy atom. The highest BCUT2D eigenvalue weighted by molar-refractivity contribution is 9.10. The van der Waals surface area contributed by atoms with Gasteiger partial charge in [0.05, 0.1) is 0 Å². The van der Waals surface area contributed by atoms with Gasteiger partial charge in [0, 0.05) is 21.2 Å². The third-order valence-corrected chi connectivity index (χ3v) is 5.44. The maximum absolute atomic E-state index is 3.60. The van der Waals surface area contributed by atoms with E-state index in [0.717, 1.165) is 12.2 Å². The van der Waals surface area contributed by atoms with Gasteiger partial charge in [-0.1, -0.05) is 42.0 Å². The van der Waals surface area contributed by atoms with Crippen LogP contribution >= 0.6 is 27.7 Å². The molecule has 0 bridgehead atoms. The van der Waals surface area contributed by atoms with E-state index >= 15 is 0 Å². The van der Waals surface area contributed by atoms with Gasteiger partial charge in [-0.25, -0.2) is 0 Å². The Balaban J connectivity index is 1.94. The van der Waals surface area contributed by atoms with Crippen LogP contribution < -0.4 is 5.32 Å². The van der Waals surface area contributed by atoms with Crippen molar-refractivity contribution >= 4 is 27.7 Å². The topological polar surface area (TPSA) is 12.0 Å². The quantitative estimate of drug-likeness (QED) is 0.759. The molecule has 0 saturated carbocycles. The van der Waals surface area contributed by atoms with Crippen molar-refractivity contribution in [3.63, 3.8) is 0 Å². The molecule has 1 nitrogen and oxygen atoms in total. The molecule has 0 radical (unpaired) electrons. The lowest BCUT2D eigenvalue weighted by molar-refractivity contribution is 0.617. The Bertz CT molecular complexity index is 556. The Hall–Kier alpha value is -0.770. The first-order chi connectivity index (χ1) is 9.69. The molecule has 1 unspecified atom stereocenters. The van der Waals surface area contributed by atoms with Crippen molar-refractivity contribution in [2.45, 2.75) is 24.3 Å². The fraction of sp³-hybridized carbons (Fsp3) is 0.294. The lowest BCUT2D eigenvalue weighted by Crippen LogP contribution is -2.30. The van der Waals surface area contributed by atoms with E-state index in [4.69, 9.17) is 0 Å². The summed E-state index contributed by atoms with van der Waals surface area (Å²) in [6.45, 7) is 2.15. The molecule has 0 amide bonds. The first-order valence-electron chi connectivity index (χ1n) is 6.79. The van der Waals surface area contributed by atoms with Crippen molar-refractivity contribution in [1.29, 1.82) is 0 Å². The summed E-state index contributed by atoms with van der Waals surface area (Å²) in [7, 11) is 2.04. The summed E-state index contributed by atoms with van der Waals surface area (Å²) in [4.78, 5) is 1.30. The minimum absolute atomic E-state index is 0.480. The Kier molecular flexibility index (Phi) is 6.14. The minimum Gasteiger partial charge on any atom is -0.316 e. The van der Waals surface area contributed by atoms with Gasteiger partial charge in [-0.3, -0.25) is 0 Å². The van der Waals surface area contributed by atoms with Gasteiger partial charge in [0.2, 0.25) is 0 Å². The van der Waals surface area contributed by atoms with Crippen LogP contribution in [0.3, 0.4) is 0 Å². The summed E-state index contributed by atoms with van der Waals surface area (Å²) in [5, 5.41) is 3.42. The molecule has 3 heteroatoms. The number of nitrogens with one attached hydrogen (secondary N) is 1. The monoisotopic (exact) mass is 349 g/mol. The van der Waals surface area contributed by atoms with Gasteiger partial charge in [0.15, 0.2) is 0 Å². The number of thioether (sulfide) groups is 1.